The molecule has 0 bridgehead atoms. The van der Waals surface area contributed by atoms with Gasteiger partial charge < -0.3 is 19.1 Å². The van der Waals surface area contributed by atoms with Crippen molar-refractivity contribution in [3.05, 3.63) is 40.4 Å². The zero-order valence-electron chi connectivity index (χ0n) is 19.7. The van der Waals surface area contributed by atoms with Crippen LogP contribution in [0.3, 0.4) is 0 Å². The first-order valence-corrected chi connectivity index (χ1v) is 12.8. The molecule has 0 aromatic carbocycles. The number of nitriles is 2. The number of hydrogen-bond donors (Lipinski definition) is 1. The van der Waals surface area contributed by atoms with E-state index >= 15 is 0 Å². The van der Waals surface area contributed by atoms with Crippen LogP contribution in [0.15, 0.2) is 33.5 Å². The van der Waals surface area contributed by atoms with E-state index in [0.29, 0.717) is 28.1 Å². The van der Waals surface area contributed by atoms with Gasteiger partial charge in [-0.3, -0.25) is 0 Å². The number of furan rings is 2. The zero-order valence-corrected chi connectivity index (χ0v) is 22.0. The first-order chi connectivity index (χ1) is 18.0. The molecule has 6 rings (SSSR count). The van der Waals surface area contributed by atoms with Crippen LogP contribution in [0.1, 0.15) is 25.7 Å². The molecule has 10 nitrogen and oxygen atoms in total. The Balaban J connectivity index is 0.000000143. The Bertz CT molecular complexity index is 1410. The van der Waals surface area contributed by atoms with Gasteiger partial charge in [-0.25, -0.2) is 15.0 Å². The number of halogens is 3. The van der Waals surface area contributed by atoms with Gasteiger partial charge in [-0.15, -0.1) is 0 Å². The molecule has 2 aliphatic rings. The molecule has 13 heteroatoms. The van der Waals surface area contributed by atoms with Crippen molar-refractivity contribution in [3.8, 4) is 12.1 Å². The lowest BCUT2D eigenvalue weighted by atomic mass is 9.99. The molecule has 4 aromatic rings. The third kappa shape index (κ3) is 7.00. The van der Waals surface area contributed by atoms with Gasteiger partial charge in [0.15, 0.2) is 22.1 Å². The number of rotatable bonds is 1. The molecule has 0 aliphatic carbocycles. The predicted molar refractivity (Wildman–Crippen MR) is 140 cm³/mol. The Morgan fingerprint density at radius 3 is 1.92 bits per heavy atom. The molecule has 6 heterocycles. The van der Waals surface area contributed by atoms with E-state index in [-0.39, 0.29) is 21.6 Å². The standard InChI is InChI=1S/C12H11ClN4O.C6H2Cl2N2O.C6H10N2/c13-12-15-9-3-6-18-10(9)11(16-12)17-4-1-8(7-14)2-5-17;7-5-4-3(1-2-11-4)9-6(8)10-5;7-5-6-1-3-8-4-2-6/h3,6,8H,1-2,4-5H2;1-2H;6,8H,1-4H2. The highest BCUT2D eigenvalue weighted by Gasteiger charge is 2.23. The summed E-state index contributed by atoms with van der Waals surface area (Å²) >= 11 is 17.1. The van der Waals surface area contributed by atoms with Crippen molar-refractivity contribution >= 4 is 62.8 Å². The number of nitrogens with one attached hydrogen (secondary N) is 1. The van der Waals surface area contributed by atoms with Crippen molar-refractivity contribution < 1.29 is 8.83 Å². The highest BCUT2D eigenvalue weighted by atomic mass is 35.5. The summed E-state index contributed by atoms with van der Waals surface area (Å²) in [7, 11) is 0. The number of piperidine rings is 2. The third-order valence-electron chi connectivity index (χ3n) is 5.99. The van der Waals surface area contributed by atoms with Gasteiger partial charge in [-0.1, -0.05) is 11.6 Å². The van der Waals surface area contributed by atoms with Crippen LogP contribution in [0.25, 0.3) is 22.2 Å². The van der Waals surface area contributed by atoms with Gasteiger partial charge in [-0.05, 0) is 62.0 Å². The molecule has 0 amide bonds. The van der Waals surface area contributed by atoms with Gasteiger partial charge in [0.2, 0.25) is 10.6 Å². The van der Waals surface area contributed by atoms with Gasteiger partial charge in [-0.2, -0.15) is 15.5 Å². The second-order valence-corrected chi connectivity index (χ2v) is 9.45. The van der Waals surface area contributed by atoms with Gasteiger partial charge >= 0.3 is 0 Å². The molecular formula is C24H23Cl3N8O2. The fraction of sp³-hybridized carbons (Fsp3) is 0.417. The minimum Gasteiger partial charge on any atom is -0.459 e. The van der Waals surface area contributed by atoms with Gasteiger partial charge in [0, 0.05) is 37.1 Å². The maximum atomic E-state index is 8.90. The lowest BCUT2D eigenvalue weighted by Gasteiger charge is -2.29. The van der Waals surface area contributed by atoms with Crippen LogP contribution in [-0.4, -0.2) is 46.1 Å². The second kappa shape index (κ2) is 12.9. The van der Waals surface area contributed by atoms with E-state index in [0.717, 1.165) is 57.7 Å². The molecule has 0 atom stereocenters. The normalized spacial score (nSPS) is 16.3. The van der Waals surface area contributed by atoms with Crippen molar-refractivity contribution in [3.63, 3.8) is 0 Å². The van der Waals surface area contributed by atoms with Crippen LogP contribution in [0.4, 0.5) is 5.82 Å². The molecule has 37 heavy (non-hydrogen) atoms. The summed E-state index contributed by atoms with van der Waals surface area (Å²) in [6.07, 6.45) is 6.84. The van der Waals surface area contributed by atoms with E-state index in [1.54, 1.807) is 18.4 Å². The van der Waals surface area contributed by atoms with Crippen LogP contribution < -0.4 is 10.2 Å². The Morgan fingerprint density at radius 2 is 1.32 bits per heavy atom. The summed E-state index contributed by atoms with van der Waals surface area (Å²) in [5, 5.41) is 21.1. The Hall–Kier alpha value is -3.15. The van der Waals surface area contributed by atoms with Crippen LogP contribution in [0.5, 0.6) is 0 Å². The Morgan fingerprint density at radius 1 is 0.784 bits per heavy atom. The Labute approximate surface area is 228 Å². The SMILES string of the molecule is Clc1nc(Cl)c2occc2n1.N#CC1CCN(c2nc(Cl)nc3ccoc23)CC1.N#CC1CCNCC1. The van der Waals surface area contributed by atoms with Crippen LogP contribution in [0, 0.1) is 34.5 Å². The number of nitrogens with zero attached hydrogens (tertiary/aromatic N) is 7. The topological polar surface area (TPSA) is 141 Å². The molecule has 0 unspecified atom stereocenters. The van der Waals surface area contributed by atoms with Crippen molar-refractivity contribution in [1.29, 1.82) is 10.5 Å². The number of hydrogen-bond acceptors (Lipinski definition) is 10. The lowest BCUT2D eigenvalue weighted by Crippen LogP contribution is -2.34. The van der Waals surface area contributed by atoms with Gasteiger partial charge in [0.05, 0.1) is 24.7 Å². The molecule has 0 saturated carbocycles. The van der Waals surface area contributed by atoms with Crippen LogP contribution in [-0.2, 0) is 0 Å². The fourth-order valence-electron chi connectivity index (χ4n) is 4.01. The van der Waals surface area contributed by atoms with Crippen molar-refractivity contribution in [2.45, 2.75) is 25.7 Å². The molecule has 2 aliphatic heterocycles. The molecule has 0 radical (unpaired) electrons. The summed E-state index contributed by atoms with van der Waals surface area (Å²) < 4.78 is 10.4. The van der Waals surface area contributed by atoms with E-state index in [2.05, 4.69) is 42.3 Å². The highest BCUT2D eigenvalue weighted by molar-refractivity contribution is 6.35. The monoisotopic (exact) mass is 560 g/mol. The maximum absolute atomic E-state index is 8.90. The quantitative estimate of drug-likeness (QED) is 0.229. The minimum absolute atomic E-state index is 0.129. The summed E-state index contributed by atoms with van der Waals surface area (Å²) in [5.74, 6) is 1.20. The molecule has 2 fully saturated rings. The molecule has 4 aromatic heterocycles. The van der Waals surface area contributed by atoms with E-state index in [1.807, 2.05) is 0 Å². The first kappa shape index (κ1) is 26.9. The van der Waals surface area contributed by atoms with E-state index in [4.69, 9.17) is 54.2 Å². The van der Waals surface area contributed by atoms with E-state index < -0.39 is 0 Å². The van der Waals surface area contributed by atoms with Crippen molar-refractivity contribution in [2.24, 2.45) is 11.8 Å². The second-order valence-electron chi connectivity index (χ2n) is 8.41. The molecular weight excluding hydrogens is 539 g/mol. The lowest BCUT2D eigenvalue weighted by molar-refractivity contribution is 0.444. The average Bonchev–Trinajstić information content (AvgIpc) is 3.59. The average molecular weight is 562 g/mol. The molecule has 0 spiro atoms. The van der Waals surface area contributed by atoms with Crippen molar-refractivity contribution in [1.82, 2.24) is 25.3 Å². The summed E-state index contributed by atoms with van der Waals surface area (Å²) in [5.41, 5.74) is 2.47. The first-order valence-electron chi connectivity index (χ1n) is 11.7. The van der Waals surface area contributed by atoms with E-state index in [9.17, 15) is 0 Å². The minimum atomic E-state index is 0.129. The molecule has 2 saturated heterocycles. The van der Waals surface area contributed by atoms with Crippen LogP contribution >= 0.6 is 34.8 Å². The van der Waals surface area contributed by atoms with Gasteiger partial charge in [0.25, 0.3) is 0 Å². The number of anilines is 1. The third-order valence-corrected chi connectivity index (χ3v) is 6.59. The maximum Gasteiger partial charge on any atom is 0.225 e. The van der Waals surface area contributed by atoms with Crippen molar-refractivity contribution in [2.75, 3.05) is 31.1 Å². The number of aromatic nitrogens is 4. The summed E-state index contributed by atoms with van der Waals surface area (Å²) in [4.78, 5) is 18.0. The number of fused-ring (bicyclic) bond motifs is 2. The molecule has 1 N–H and O–H groups in total. The smallest absolute Gasteiger partial charge is 0.225 e. The predicted octanol–water partition coefficient (Wildman–Crippen LogP) is 5.66. The summed E-state index contributed by atoms with van der Waals surface area (Å²) in [6, 6.07) is 8.02. The largest absolute Gasteiger partial charge is 0.459 e. The van der Waals surface area contributed by atoms with E-state index in [1.165, 1.54) is 6.26 Å². The zero-order chi connectivity index (χ0) is 26.2. The fourth-order valence-corrected chi connectivity index (χ4v) is 4.62. The Kier molecular flexibility index (Phi) is 9.37. The van der Waals surface area contributed by atoms with Crippen LogP contribution in [0.2, 0.25) is 15.7 Å². The molecule has 192 valence electrons. The van der Waals surface area contributed by atoms with Gasteiger partial charge in [0.1, 0.15) is 11.0 Å². The summed E-state index contributed by atoms with van der Waals surface area (Å²) in [6.45, 7) is 3.64. The highest BCUT2D eigenvalue weighted by Crippen LogP contribution is 2.29.